The van der Waals surface area contributed by atoms with Gasteiger partial charge in [-0.3, -0.25) is 14.1 Å². The van der Waals surface area contributed by atoms with Crippen LogP contribution in [-0.2, 0) is 18.7 Å². The Balaban J connectivity index is 4.39. The molecule has 0 saturated heterocycles. The molecule has 0 aromatic carbocycles. The molecular weight excluding hydrogens is 627 g/mol. The van der Waals surface area contributed by atoms with Gasteiger partial charge in [-0.1, -0.05) is 127 Å². The lowest BCUT2D eigenvalue weighted by Crippen LogP contribution is -2.56. The van der Waals surface area contributed by atoms with Crippen LogP contribution in [0.2, 0.25) is 0 Å². The summed E-state index contributed by atoms with van der Waals surface area (Å²) in [6.07, 6.45) is 37.4. The monoisotopic (exact) mass is 696 g/mol. The zero-order valence-electron chi connectivity index (χ0n) is 30.2. The van der Waals surface area contributed by atoms with E-state index in [2.05, 4.69) is 67.0 Å². The highest BCUT2D eigenvalue weighted by Crippen LogP contribution is 2.38. The summed E-state index contributed by atoms with van der Waals surface area (Å²) < 4.78 is 15.7. The maximum atomic E-state index is 13.0. The van der Waals surface area contributed by atoms with E-state index in [1.54, 1.807) is 0 Å². The van der Waals surface area contributed by atoms with Crippen molar-refractivity contribution in [2.24, 2.45) is 0 Å². The Labute approximate surface area is 292 Å². The van der Waals surface area contributed by atoms with Gasteiger partial charge in [-0.15, -0.1) is 0 Å². The van der Waals surface area contributed by atoms with E-state index in [0.29, 0.717) is 12.8 Å². The summed E-state index contributed by atoms with van der Waals surface area (Å²) in [6, 6.07) is 0. The molecule has 0 aliphatic rings. The fraction of sp³-hybridized carbons (Fsp3) is 0.744. The largest absolute Gasteiger partial charge is 0.469 e. The Bertz CT molecular complexity index is 967. The Morgan fingerprint density at radius 1 is 0.604 bits per heavy atom. The first-order chi connectivity index (χ1) is 23.1. The van der Waals surface area contributed by atoms with Gasteiger partial charge < -0.3 is 20.0 Å². The molecule has 0 aromatic heterocycles. The van der Waals surface area contributed by atoms with Crippen LogP contribution in [0.25, 0.3) is 0 Å². The number of hydrogen-bond donors (Lipinski definition) is 4. The van der Waals surface area contributed by atoms with Crippen molar-refractivity contribution in [3.63, 3.8) is 0 Å². The van der Waals surface area contributed by atoms with Gasteiger partial charge in [0.05, 0.1) is 6.61 Å². The van der Waals surface area contributed by atoms with Crippen LogP contribution >= 0.6 is 7.82 Å². The molecule has 0 bridgehead atoms. The number of aliphatic hydroxyl groups excluding tert-OH is 1. The second kappa shape index (κ2) is 31.3. The highest BCUT2D eigenvalue weighted by Gasteiger charge is 2.47. The topological polar surface area (TPSA) is 141 Å². The first-order valence-corrected chi connectivity index (χ1v) is 20.4. The highest BCUT2D eigenvalue weighted by molar-refractivity contribution is 7.46. The van der Waals surface area contributed by atoms with E-state index in [-0.39, 0.29) is 12.8 Å². The van der Waals surface area contributed by atoms with Gasteiger partial charge in [-0.25, -0.2) is 4.57 Å². The van der Waals surface area contributed by atoms with Gasteiger partial charge in [-0.05, 0) is 77.0 Å². The summed E-state index contributed by atoms with van der Waals surface area (Å²) >= 11 is 0. The number of unbranched alkanes of at least 4 members (excludes halogenated alkanes) is 16. The smallest absolute Gasteiger partial charge is 0.382 e. The molecule has 0 aromatic rings. The molecule has 2 atom stereocenters. The van der Waals surface area contributed by atoms with Crippen LogP contribution in [0.4, 0.5) is 0 Å². The van der Waals surface area contributed by atoms with Crippen molar-refractivity contribution in [2.45, 2.75) is 180 Å². The Hall–Kier alpha value is -1.67. The lowest BCUT2D eigenvalue weighted by atomic mass is 9.85. The third-order valence-electron chi connectivity index (χ3n) is 8.42. The normalized spacial score (nSPS) is 14.5. The van der Waals surface area contributed by atoms with Gasteiger partial charge in [0.2, 0.25) is 0 Å². The van der Waals surface area contributed by atoms with E-state index in [0.717, 1.165) is 89.9 Å². The minimum absolute atomic E-state index is 0.0408. The van der Waals surface area contributed by atoms with Crippen LogP contribution in [-0.4, -0.2) is 49.9 Å². The number of allylic oxidation sites excluding steroid dienone is 8. The number of hydrogen-bond acceptors (Lipinski definition) is 6. The van der Waals surface area contributed by atoms with E-state index in [4.69, 9.17) is 9.79 Å². The summed E-state index contributed by atoms with van der Waals surface area (Å²) in [5.41, 5.74) is -2.70. The summed E-state index contributed by atoms with van der Waals surface area (Å²) in [5, 5.41) is 21.7. The number of phosphoric ester groups is 1. The summed E-state index contributed by atoms with van der Waals surface area (Å²) in [4.78, 5) is 44.0. The first-order valence-electron chi connectivity index (χ1n) is 18.8. The van der Waals surface area contributed by atoms with Gasteiger partial charge in [0.1, 0.15) is 0 Å². The molecule has 8 nitrogen and oxygen atoms in total. The van der Waals surface area contributed by atoms with Crippen molar-refractivity contribution in [2.75, 3.05) is 6.61 Å². The fourth-order valence-corrected chi connectivity index (χ4v) is 5.69. The SMILES string of the molecule is CCCCC/C=C\C/C=C\CCCCCCCC(=O)C(O)C(O)(COP(=O)(O)O)C(=O)CCCCCCC/C=C\C/C=C\CCCCC. The Kier molecular flexibility index (Phi) is 30.2. The number of carbonyl (C=O) groups is 2. The van der Waals surface area contributed by atoms with Gasteiger partial charge >= 0.3 is 7.82 Å². The molecule has 0 aliphatic heterocycles. The minimum Gasteiger partial charge on any atom is -0.382 e. The second-order valence-corrected chi connectivity index (χ2v) is 14.2. The third kappa shape index (κ3) is 27.2. The Morgan fingerprint density at radius 2 is 0.979 bits per heavy atom. The molecule has 0 saturated carbocycles. The lowest BCUT2D eigenvalue weighted by Gasteiger charge is -2.30. The predicted octanol–water partition coefficient (Wildman–Crippen LogP) is 9.95. The van der Waals surface area contributed by atoms with Gasteiger partial charge in [0.25, 0.3) is 0 Å². The molecule has 2 unspecified atom stereocenters. The van der Waals surface area contributed by atoms with Crippen molar-refractivity contribution in [1.82, 2.24) is 0 Å². The molecule has 9 heteroatoms. The predicted molar refractivity (Wildman–Crippen MR) is 198 cm³/mol. The molecule has 0 heterocycles. The van der Waals surface area contributed by atoms with Crippen molar-refractivity contribution in [3.05, 3.63) is 48.6 Å². The van der Waals surface area contributed by atoms with E-state index < -0.39 is 37.7 Å². The zero-order chi connectivity index (χ0) is 35.8. The fourth-order valence-electron chi connectivity index (χ4n) is 5.32. The molecule has 0 amide bonds. The molecule has 0 rings (SSSR count). The van der Waals surface area contributed by atoms with Gasteiger partial charge in [0.15, 0.2) is 23.3 Å². The van der Waals surface area contributed by atoms with Crippen LogP contribution in [0, 0.1) is 0 Å². The molecule has 278 valence electrons. The molecule has 48 heavy (non-hydrogen) atoms. The minimum atomic E-state index is -5.04. The number of rotatable bonds is 34. The summed E-state index contributed by atoms with van der Waals surface area (Å²) in [6.45, 7) is 3.26. The first kappa shape index (κ1) is 46.3. The number of carbonyl (C=O) groups excluding carboxylic acids is 2. The van der Waals surface area contributed by atoms with Crippen molar-refractivity contribution in [1.29, 1.82) is 0 Å². The van der Waals surface area contributed by atoms with Crippen LogP contribution in [0.3, 0.4) is 0 Å². The van der Waals surface area contributed by atoms with Crippen LogP contribution in [0.5, 0.6) is 0 Å². The van der Waals surface area contributed by atoms with Gasteiger partial charge in [-0.2, -0.15) is 0 Å². The second-order valence-electron chi connectivity index (χ2n) is 12.9. The molecule has 0 spiro atoms. The molecule has 0 radical (unpaired) electrons. The average Bonchev–Trinajstić information content (AvgIpc) is 3.06. The van der Waals surface area contributed by atoms with Crippen LogP contribution in [0.15, 0.2) is 48.6 Å². The van der Waals surface area contributed by atoms with Gasteiger partial charge in [0, 0.05) is 12.8 Å². The number of ketones is 2. The lowest BCUT2D eigenvalue weighted by molar-refractivity contribution is -0.165. The molecule has 0 aliphatic carbocycles. The molecule has 4 N–H and O–H groups in total. The van der Waals surface area contributed by atoms with E-state index in [1.165, 1.54) is 38.5 Å². The van der Waals surface area contributed by atoms with E-state index in [1.807, 2.05) is 0 Å². The standard InChI is InChI=1S/C39H69O8P/c1-3-5-7-9-11-13-15-17-19-21-23-25-27-29-31-33-36(40)38(42)39(43,35-47-48(44,45)46)37(41)34-32-30-28-26-24-22-20-18-16-14-12-10-8-6-4-2/h11-14,17-20,38,42-43H,3-10,15-16,21-35H2,1-2H3,(H2,44,45,46)/b13-11-,14-12-,19-17-,20-18-. The van der Waals surface area contributed by atoms with Crippen LogP contribution in [0.1, 0.15) is 168 Å². The van der Waals surface area contributed by atoms with E-state index >= 15 is 0 Å². The van der Waals surface area contributed by atoms with Crippen molar-refractivity contribution >= 4 is 19.4 Å². The van der Waals surface area contributed by atoms with E-state index in [9.17, 15) is 24.4 Å². The van der Waals surface area contributed by atoms with Crippen molar-refractivity contribution < 1.29 is 38.7 Å². The summed E-state index contributed by atoms with van der Waals surface area (Å²) in [5.74, 6) is -1.58. The number of phosphoric acid groups is 1. The quantitative estimate of drug-likeness (QED) is 0.0296. The van der Waals surface area contributed by atoms with Crippen molar-refractivity contribution in [3.8, 4) is 0 Å². The maximum Gasteiger partial charge on any atom is 0.469 e. The zero-order valence-corrected chi connectivity index (χ0v) is 31.1. The summed E-state index contributed by atoms with van der Waals surface area (Å²) in [7, 11) is -5.04. The highest BCUT2D eigenvalue weighted by atomic mass is 31.2. The average molecular weight is 697 g/mol. The Morgan fingerprint density at radius 3 is 1.40 bits per heavy atom. The van der Waals surface area contributed by atoms with Crippen LogP contribution < -0.4 is 0 Å². The maximum absolute atomic E-state index is 13.0. The number of Topliss-reactive ketones (excluding diaryl/α,β-unsaturated/α-hetero) is 2. The third-order valence-corrected chi connectivity index (χ3v) is 8.89. The molecular formula is C39H69O8P. The molecule has 0 fully saturated rings. The number of aliphatic hydroxyl groups is 2.